The van der Waals surface area contributed by atoms with Crippen molar-refractivity contribution in [2.45, 2.75) is 6.54 Å². The number of hydrogen-bond acceptors (Lipinski definition) is 5. The van der Waals surface area contributed by atoms with Gasteiger partial charge in [-0.15, -0.1) is 0 Å². The molecule has 0 aliphatic carbocycles. The molecule has 0 radical (unpaired) electrons. The maximum atomic E-state index is 13.3. The molecule has 0 saturated carbocycles. The molecule has 4 aromatic rings. The number of hydrogen-bond donors (Lipinski definition) is 0. The first-order valence-electron chi connectivity index (χ1n) is 10.9. The monoisotopic (exact) mass is 517 g/mol. The SMILES string of the molecule is O=C(Oc1ccc(/C=C2\SC(=O)N(Cc3ccc(F)cc3Cl)C2=O)cc1)c1cccc2ccccc12. The number of ether oxygens (including phenoxy) is 1. The Balaban J connectivity index is 1.29. The molecule has 0 bridgehead atoms. The Bertz CT molecular complexity index is 1550. The van der Waals surface area contributed by atoms with Crippen LogP contribution in [0.3, 0.4) is 0 Å². The fourth-order valence-electron chi connectivity index (χ4n) is 3.81. The molecule has 36 heavy (non-hydrogen) atoms. The van der Waals surface area contributed by atoms with Gasteiger partial charge in [0.15, 0.2) is 0 Å². The number of imide groups is 1. The molecule has 1 fully saturated rings. The van der Waals surface area contributed by atoms with Crippen LogP contribution in [0.2, 0.25) is 5.02 Å². The molecule has 0 atom stereocenters. The number of carbonyl (C=O) groups is 3. The van der Waals surface area contributed by atoms with E-state index in [4.69, 9.17) is 16.3 Å². The third kappa shape index (κ3) is 4.89. The minimum Gasteiger partial charge on any atom is -0.423 e. The quantitative estimate of drug-likeness (QED) is 0.161. The molecule has 5 nitrogen and oxygen atoms in total. The van der Waals surface area contributed by atoms with Crippen molar-refractivity contribution in [3.8, 4) is 5.75 Å². The number of thioether (sulfide) groups is 1. The van der Waals surface area contributed by atoms with Crippen LogP contribution in [0.5, 0.6) is 5.75 Å². The average Bonchev–Trinajstić information content (AvgIpc) is 3.13. The van der Waals surface area contributed by atoms with E-state index in [-0.39, 0.29) is 16.5 Å². The van der Waals surface area contributed by atoms with Crippen molar-refractivity contribution >= 4 is 57.3 Å². The minimum atomic E-state index is -0.496. The van der Waals surface area contributed by atoms with Crippen molar-refractivity contribution in [1.29, 1.82) is 0 Å². The van der Waals surface area contributed by atoms with Crippen LogP contribution in [0.1, 0.15) is 21.5 Å². The van der Waals surface area contributed by atoms with Crippen LogP contribution in [0, 0.1) is 5.82 Å². The summed E-state index contributed by atoms with van der Waals surface area (Å²) in [6, 6.07) is 23.5. The number of carbonyl (C=O) groups excluding carboxylic acids is 3. The average molecular weight is 518 g/mol. The van der Waals surface area contributed by atoms with Gasteiger partial charge in [-0.3, -0.25) is 14.5 Å². The van der Waals surface area contributed by atoms with Crippen molar-refractivity contribution in [3.05, 3.63) is 117 Å². The van der Waals surface area contributed by atoms with Gasteiger partial charge >= 0.3 is 5.97 Å². The lowest BCUT2D eigenvalue weighted by molar-refractivity contribution is -0.123. The second-order valence-electron chi connectivity index (χ2n) is 7.99. The highest BCUT2D eigenvalue weighted by Crippen LogP contribution is 2.34. The summed E-state index contributed by atoms with van der Waals surface area (Å²) >= 11 is 6.86. The zero-order valence-electron chi connectivity index (χ0n) is 18.6. The molecule has 1 aliphatic heterocycles. The Morgan fingerprint density at radius 1 is 0.972 bits per heavy atom. The van der Waals surface area contributed by atoms with E-state index in [9.17, 15) is 18.8 Å². The Hall–Kier alpha value is -3.94. The Kier molecular flexibility index (Phi) is 6.59. The first kappa shape index (κ1) is 23.8. The normalized spacial score (nSPS) is 14.6. The predicted molar refractivity (Wildman–Crippen MR) is 138 cm³/mol. The predicted octanol–water partition coefficient (Wildman–Crippen LogP) is 7.09. The van der Waals surface area contributed by atoms with Gasteiger partial charge in [-0.05, 0) is 70.1 Å². The fraction of sp³-hybridized carbons (Fsp3) is 0.0357. The third-order valence-electron chi connectivity index (χ3n) is 5.62. The number of rotatable bonds is 5. The second kappa shape index (κ2) is 9.97. The zero-order chi connectivity index (χ0) is 25.2. The molecular formula is C28H17ClFNO4S. The first-order valence-corrected chi connectivity index (χ1v) is 12.1. The van der Waals surface area contributed by atoms with Crippen LogP contribution in [-0.4, -0.2) is 22.0 Å². The van der Waals surface area contributed by atoms with Crippen LogP contribution in [-0.2, 0) is 11.3 Å². The maximum Gasteiger partial charge on any atom is 0.344 e. The number of amides is 2. The van der Waals surface area contributed by atoms with Crippen LogP contribution in [0.25, 0.3) is 16.8 Å². The molecule has 0 unspecified atom stereocenters. The van der Waals surface area contributed by atoms with E-state index in [1.807, 2.05) is 30.3 Å². The Morgan fingerprint density at radius 2 is 1.72 bits per heavy atom. The molecule has 2 amide bonds. The molecule has 0 aromatic heterocycles. The molecular weight excluding hydrogens is 501 g/mol. The Morgan fingerprint density at radius 3 is 2.50 bits per heavy atom. The van der Waals surface area contributed by atoms with Gasteiger partial charge in [-0.1, -0.05) is 66.2 Å². The number of fused-ring (bicyclic) bond motifs is 1. The number of nitrogens with zero attached hydrogens (tertiary/aromatic N) is 1. The number of esters is 1. The summed E-state index contributed by atoms with van der Waals surface area (Å²) in [5.41, 5.74) is 1.59. The van der Waals surface area contributed by atoms with Gasteiger partial charge in [0.05, 0.1) is 17.0 Å². The second-order valence-corrected chi connectivity index (χ2v) is 9.39. The lowest BCUT2D eigenvalue weighted by Crippen LogP contribution is -2.27. The van der Waals surface area contributed by atoms with Gasteiger partial charge in [-0.25, -0.2) is 9.18 Å². The molecule has 1 heterocycles. The molecule has 0 N–H and O–H groups in total. The first-order chi connectivity index (χ1) is 17.4. The van der Waals surface area contributed by atoms with E-state index in [0.29, 0.717) is 22.4 Å². The van der Waals surface area contributed by atoms with E-state index in [1.165, 1.54) is 12.1 Å². The van der Waals surface area contributed by atoms with Gasteiger partial charge in [0.25, 0.3) is 11.1 Å². The van der Waals surface area contributed by atoms with Gasteiger partial charge < -0.3 is 4.74 Å². The lowest BCUT2D eigenvalue weighted by atomic mass is 10.0. The molecule has 5 rings (SSSR count). The van der Waals surface area contributed by atoms with Gasteiger partial charge in [0.2, 0.25) is 0 Å². The standard InChI is InChI=1S/C28H17ClFNO4S/c29-24-15-20(30)11-10-19(24)16-31-26(32)25(36-28(31)34)14-17-8-12-21(13-9-17)35-27(33)23-7-3-5-18-4-1-2-6-22(18)23/h1-15H,16H2/b25-14-. The van der Waals surface area contributed by atoms with E-state index >= 15 is 0 Å². The minimum absolute atomic E-state index is 0.0514. The summed E-state index contributed by atoms with van der Waals surface area (Å²) in [7, 11) is 0. The van der Waals surface area contributed by atoms with Gasteiger partial charge in [0.1, 0.15) is 11.6 Å². The largest absolute Gasteiger partial charge is 0.423 e. The summed E-state index contributed by atoms with van der Waals surface area (Å²) in [5, 5.41) is 1.45. The molecule has 1 aliphatic rings. The maximum absolute atomic E-state index is 13.3. The molecule has 8 heteroatoms. The van der Waals surface area contributed by atoms with Crippen LogP contribution in [0.15, 0.2) is 89.8 Å². The van der Waals surface area contributed by atoms with Crippen LogP contribution >= 0.6 is 23.4 Å². The topological polar surface area (TPSA) is 63.7 Å². The highest BCUT2D eigenvalue weighted by atomic mass is 35.5. The van der Waals surface area contributed by atoms with E-state index in [1.54, 1.807) is 42.5 Å². The highest BCUT2D eigenvalue weighted by Gasteiger charge is 2.35. The summed E-state index contributed by atoms with van der Waals surface area (Å²) in [6.45, 7) is -0.0514. The summed E-state index contributed by atoms with van der Waals surface area (Å²) < 4.78 is 18.8. The fourth-order valence-corrected chi connectivity index (χ4v) is 4.87. The summed E-state index contributed by atoms with van der Waals surface area (Å²) in [4.78, 5) is 39.3. The van der Waals surface area contributed by atoms with Crippen LogP contribution in [0.4, 0.5) is 9.18 Å². The van der Waals surface area contributed by atoms with Crippen molar-refractivity contribution in [1.82, 2.24) is 4.90 Å². The number of benzene rings is 4. The summed E-state index contributed by atoms with van der Waals surface area (Å²) in [5.74, 6) is -1.08. The smallest absolute Gasteiger partial charge is 0.344 e. The van der Waals surface area contributed by atoms with E-state index < -0.39 is 22.9 Å². The third-order valence-corrected chi connectivity index (χ3v) is 6.87. The lowest BCUT2D eigenvalue weighted by Gasteiger charge is -2.13. The highest BCUT2D eigenvalue weighted by molar-refractivity contribution is 8.18. The molecule has 178 valence electrons. The van der Waals surface area contributed by atoms with E-state index in [2.05, 4.69) is 0 Å². The van der Waals surface area contributed by atoms with Crippen molar-refractivity contribution in [2.24, 2.45) is 0 Å². The molecule has 0 spiro atoms. The van der Waals surface area contributed by atoms with Crippen LogP contribution < -0.4 is 4.74 Å². The Labute approximate surface area is 215 Å². The molecule has 4 aromatic carbocycles. The van der Waals surface area contributed by atoms with Gasteiger partial charge in [-0.2, -0.15) is 0 Å². The zero-order valence-corrected chi connectivity index (χ0v) is 20.2. The van der Waals surface area contributed by atoms with Crippen molar-refractivity contribution in [2.75, 3.05) is 0 Å². The summed E-state index contributed by atoms with van der Waals surface area (Å²) in [6.07, 6.45) is 1.59. The van der Waals surface area contributed by atoms with E-state index in [0.717, 1.165) is 33.5 Å². The number of halogens is 2. The van der Waals surface area contributed by atoms with Gasteiger partial charge in [0, 0.05) is 5.02 Å². The van der Waals surface area contributed by atoms with Crippen molar-refractivity contribution in [3.63, 3.8) is 0 Å². The molecule has 1 saturated heterocycles. The van der Waals surface area contributed by atoms with Crippen molar-refractivity contribution < 1.29 is 23.5 Å².